The number of benzene rings is 1. The number of likely N-dealkylation sites (tertiary alicyclic amines) is 1. The van der Waals surface area contributed by atoms with E-state index in [1.54, 1.807) is 0 Å². The Balaban J connectivity index is 1.34. The van der Waals surface area contributed by atoms with Crippen molar-refractivity contribution >= 4 is 17.6 Å². The van der Waals surface area contributed by atoms with E-state index in [0.717, 1.165) is 63.0 Å². The highest BCUT2D eigenvalue weighted by Gasteiger charge is 2.50. The molecular formula is C23H31N5O2. The van der Waals surface area contributed by atoms with Crippen molar-refractivity contribution in [1.82, 2.24) is 20.1 Å². The van der Waals surface area contributed by atoms with E-state index in [4.69, 9.17) is 0 Å². The van der Waals surface area contributed by atoms with Gasteiger partial charge in [0.1, 0.15) is 5.84 Å². The molecule has 3 aliphatic heterocycles. The van der Waals surface area contributed by atoms with Gasteiger partial charge in [-0.3, -0.25) is 19.9 Å². The lowest BCUT2D eigenvalue weighted by atomic mass is 9.80. The fourth-order valence-electron chi connectivity index (χ4n) is 5.52. The van der Waals surface area contributed by atoms with Gasteiger partial charge in [0.2, 0.25) is 11.8 Å². The van der Waals surface area contributed by atoms with Gasteiger partial charge in [0, 0.05) is 38.5 Å². The lowest BCUT2D eigenvalue weighted by Crippen LogP contribution is -2.67. The van der Waals surface area contributed by atoms with Crippen molar-refractivity contribution in [2.75, 3.05) is 13.1 Å². The van der Waals surface area contributed by atoms with E-state index in [2.05, 4.69) is 27.6 Å². The third-order valence-corrected chi connectivity index (χ3v) is 7.07. The lowest BCUT2D eigenvalue weighted by molar-refractivity contribution is -0.156. The maximum absolute atomic E-state index is 13.4. The highest BCUT2D eigenvalue weighted by molar-refractivity contribution is 5.91. The minimum absolute atomic E-state index is 0.0260. The zero-order valence-electron chi connectivity index (χ0n) is 17.5. The molecule has 7 heteroatoms. The largest absolute Gasteiger partial charge is 0.343 e. The number of fused-ring (bicyclic) bond motifs is 3. The molecule has 3 heterocycles. The topological polar surface area (TPSA) is 68.2 Å². The van der Waals surface area contributed by atoms with E-state index >= 15 is 0 Å². The molecule has 1 aliphatic carbocycles. The van der Waals surface area contributed by atoms with Gasteiger partial charge in [-0.05, 0) is 31.2 Å². The van der Waals surface area contributed by atoms with Crippen LogP contribution in [-0.4, -0.2) is 57.8 Å². The molecule has 0 aromatic heterocycles. The number of hydrogen-bond donors (Lipinski definition) is 1. The quantitative estimate of drug-likeness (QED) is 0.811. The molecule has 30 heavy (non-hydrogen) atoms. The van der Waals surface area contributed by atoms with Gasteiger partial charge in [-0.2, -0.15) is 5.10 Å². The molecule has 2 saturated heterocycles. The predicted octanol–water partition coefficient (Wildman–Crippen LogP) is 2.49. The molecule has 7 nitrogen and oxygen atoms in total. The molecule has 1 N–H and O–H groups in total. The Bertz CT molecular complexity index is 820. The van der Waals surface area contributed by atoms with Crippen molar-refractivity contribution in [3.05, 3.63) is 35.9 Å². The summed E-state index contributed by atoms with van der Waals surface area (Å²) in [6.07, 6.45) is 7.34. The third kappa shape index (κ3) is 3.55. The summed E-state index contributed by atoms with van der Waals surface area (Å²) in [5.74, 6) is 1.43. The molecule has 0 spiro atoms. The molecule has 2 amide bonds. The molecule has 3 unspecified atom stereocenters. The maximum atomic E-state index is 13.4. The fraction of sp³-hybridized carbons (Fsp3) is 0.609. The Morgan fingerprint density at radius 3 is 2.63 bits per heavy atom. The molecule has 160 valence electrons. The SMILES string of the molecule is O=C(CCC1=NNC2N(Cc3ccccc3)C(=O)C3CCCCC3N12)N1CCCC1. The summed E-state index contributed by atoms with van der Waals surface area (Å²) in [5, 5.41) is 4.62. The van der Waals surface area contributed by atoms with Crippen LogP contribution in [-0.2, 0) is 16.1 Å². The van der Waals surface area contributed by atoms with Crippen LogP contribution in [0.15, 0.2) is 35.4 Å². The average molecular weight is 410 g/mol. The standard InChI is InChI=1S/C23H31N5O2/c29-21(26-14-6-7-15-26)13-12-20-24-25-23-27(16-17-8-2-1-3-9-17)22(30)18-10-4-5-11-19(18)28(20)23/h1-3,8-9,18-19,23,25H,4-7,10-16H2. The van der Waals surface area contributed by atoms with Crippen molar-refractivity contribution in [3.8, 4) is 0 Å². The van der Waals surface area contributed by atoms with Crippen LogP contribution in [0, 0.1) is 5.92 Å². The van der Waals surface area contributed by atoms with Crippen LogP contribution in [0.4, 0.5) is 0 Å². The minimum Gasteiger partial charge on any atom is -0.343 e. The van der Waals surface area contributed by atoms with E-state index in [0.29, 0.717) is 19.4 Å². The second-order valence-electron chi connectivity index (χ2n) is 8.94. The summed E-state index contributed by atoms with van der Waals surface area (Å²) in [6.45, 7) is 2.35. The monoisotopic (exact) mass is 409 g/mol. The summed E-state index contributed by atoms with van der Waals surface area (Å²) in [7, 11) is 0. The molecule has 1 aromatic rings. The zero-order chi connectivity index (χ0) is 20.5. The van der Waals surface area contributed by atoms with Crippen LogP contribution in [0.1, 0.15) is 56.9 Å². The molecule has 1 aromatic carbocycles. The number of rotatable bonds is 5. The van der Waals surface area contributed by atoms with Crippen molar-refractivity contribution in [1.29, 1.82) is 0 Å². The molecule has 5 rings (SSSR count). The predicted molar refractivity (Wildman–Crippen MR) is 114 cm³/mol. The Morgan fingerprint density at radius 1 is 1.07 bits per heavy atom. The number of amides is 2. The van der Waals surface area contributed by atoms with Crippen LogP contribution in [0.5, 0.6) is 0 Å². The van der Waals surface area contributed by atoms with Gasteiger partial charge in [-0.25, -0.2) is 0 Å². The van der Waals surface area contributed by atoms with Crippen molar-refractivity contribution < 1.29 is 9.59 Å². The summed E-state index contributed by atoms with van der Waals surface area (Å²) in [5.41, 5.74) is 4.35. The van der Waals surface area contributed by atoms with E-state index < -0.39 is 0 Å². The van der Waals surface area contributed by atoms with Gasteiger partial charge < -0.3 is 9.80 Å². The molecule has 4 aliphatic rings. The average Bonchev–Trinajstić information content (AvgIpc) is 3.46. The Morgan fingerprint density at radius 2 is 1.83 bits per heavy atom. The van der Waals surface area contributed by atoms with Crippen molar-refractivity contribution in [2.45, 2.75) is 70.2 Å². The van der Waals surface area contributed by atoms with Crippen LogP contribution < -0.4 is 5.43 Å². The molecule has 0 bridgehead atoms. The van der Waals surface area contributed by atoms with Crippen LogP contribution in [0.2, 0.25) is 0 Å². The normalized spacial score (nSPS) is 28.1. The molecule has 0 radical (unpaired) electrons. The maximum Gasteiger partial charge on any atom is 0.231 e. The van der Waals surface area contributed by atoms with E-state index in [1.807, 2.05) is 28.0 Å². The van der Waals surface area contributed by atoms with Gasteiger partial charge in [-0.15, -0.1) is 0 Å². The molecule has 1 saturated carbocycles. The summed E-state index contributed by atoms with van der Waals surface area (Å²) in [4.78, 5) is 32.2. The second-order valence-corrected chi connectivity index (χ2v) is 8.94. The van der Waals surface area contributed by atoms with Gasteiger partial charge in [0.15, 0.2) is 6.29 Å². The Labute approximate surface area is 178 Å². The van der Waals surface area contributed by atoms with Crippen LogP contribution in [0.25, 0.3) is 0 Å². The number of carbonyl (C=O) groups excluding carboxylic acids is 2. The van der Waals surface area contributed by atoms with Gasteiger partial charge in [0.25, 0.3) is 0 Å². The first-order valence-corrected chi connectivity index (χ1v) is 11.4. The zero-order valence-corrected chi connectivity index (χ0v) is 17.5. The summed E-state index contributed by atoms with van der Waals surface area (Å²) in [6, 6.07) is 10.3. The highest BCUT2D eigenvalue weighted by Crippen LogP contribution is 2.38. The number of nitrogens with zero attached hydrogens (tertiary/aromatic N) is 4. The minimum atomic E-state index is -0.242. The number of nitrogens with one attached hydrogen (secondary N) is 1. The Hall–Kier alpha value is -2.57. The first-order valence-electron chi connectivity index (χ1n) is 11.4. The first kappa shape index (κ1) is 19.4. The number of amidine groups is 1. The first-order chi connectivity index (χ1) is 14.7. The van der Waals surface area contributed by atoms with Gasteiger partial charge in [-0.1, -0.05) is 43.2 Å². The highest BCUT2D eigenvalue weighted by atomic mass is 16.2. The summed E-state index contributed by atoms with van der Waals surface area (Å²) >= 11 is 0. The van der Waals surface area contributed by atoms with Crippen molar-refractivity contribution in [3.63, 3.8) is 0 Å². The fourth-order valence-corrected chi connectivity index (χ4v) is 5.52. The lowest BCUT2D eigenvalue weighted by Gasteiger charge is -2.50. The van der Waals surface area contributed by atoms with Crippen molar-refractivity contribution in [2.24, 2.45) is 11.0 Å². The van der Waals surface area contributed by atoms with Gasteiger partial charge >= 0.3 is 0 Å². The smallest absolute Gasteiger partial charge is 0.231 e. The van der Waals surface area contributed by atoms with E-state index in [-0.39, 0.29) is 30.1 Å². The van der Waals surface area contributed by atoms with Crippen LogP contribution >= 0.6 is 0 Å². The Kier molecular flexibility index (Phi) is 5.35. The summed E-state index contributed by atoms with van der Waals surface area (Å²) < 4.78 is 0. The molecule has 3 atom stereocenters. The number of carbonyl (C=O) groups is 2. The second kappa shape index (κ2) is 8.28. The van der Waals surface area contributed by atoms with Crippen LogP contribution in [0.3, 0.4) is 0 Å². The third-order valence-electron chi connectivity index (χ3n) is 7.07. The van der Waals surface area contributed by atoms with E-state index in [1.165, 1.54) is 0 Å². The number of hydrogen-bond acceptors (Lipinski definition) is 5. The van der Waals surface area contributed by atoms with Gasteiger partial charge in [0.05, 0.1) is 5.92 Å². The number of hydrazone groups is 1. The van der Waals surface area contributed by atoms with E-state index in [9.17, 15) is 9.59 Å². The molecule has 3 fully saturated rings. The molecular weight excluding hydrogens is 378 g/mol.